The van der Waals surface area contributed by atoms with Crippen LogP contribution in [0.25, 0.3) is 0 Å². The largest absolute Gasteiger partial charge is 0.357 e. The number of anilines is 1. The van der Waals surface area contributed by atoms with E-state index in [1.807, 2.05) is 0 Å². The van der Waals surface area contributed by atoms with Gasteiger partial charge in [-0.3, -0.25) is 19.2 Å². The zero-order valence-electron chi connectivity index (χ0n) is 19.3. The number of carbonyl (C=O) groups is 4. The Hall–Kier alpha value is -3.70. The maximum absolute atomic E-state index is 13.6. The first-order valence-corrected chi connectivity index (χ1v) is 11.3. The van der Waals surface area contributed by atoms with Gasteiger partial charge in [0.25, 0.3) is 23.5 Å². The van der Waals surface area contributed by atoms with E-state index in [4.69, 9.17) is 0 Å². The van der Waals surface area contributed by atoms with Crippen LogP contribution in [0.5, 0.6) is 0 Å². The van der Waals surface area contributed by atoms with Gasteiger partial charge in [0.1, 0.15) is 11.2 Å². The van der Waals surface area contributed by atoms with Crippen molar-refractivity contribution < 1.29 is 36.7 Å². The Balaban J connectivity index is 1.45. The number of alkyl halides is 2. The highest BCUT2D eigenvalue weighted by Gasteiger charge is 2.62. The molecule has 0 spiro atoms. The number of Topliss-reactive ketones (excluding diaryl/α,β-unsaturated/α-hetero) is 1. The lowest BCUT2D eigenvalue weighted by Crippen LogP contribution is -2.69. The molecule has 2 heterocycles. The van der Waals surface area contributed by atoms with Gasteiger partial charge in [-0.1, -0.05) is 0 Å². The molecule has 12 heteroatoms. The Morgan fingerprint density at radius 1 is 1.08 bits per heavy atom. The van der Waals surface area contributed by atoms with Crippen molar-refractivity contribution in [3.8, 4) is 0 Å². The zero-order valence-corrected chi connectivity index (χ0v) is 19.3. The summed E-state index contributed by atoms with van der Waals surface area (Å²) in [4.78, 5) is 51.5. The van der Waals surface area contributed by atoms with Crippen molar-refractivity contribution in [2.24, 2.45) is 5.92 Å². The number of likely N-dealkylation sites (N-methyl/N-ethyl adjacent to an activating group) is 1. The molecule has 2 fully saturated rings. The number of nitrogens with one attached hydrogen (secondary N) is 3. The van der Waals surface area contributed by atoms with Gasteiger partial charge in [0, 0.05) is 43.4 Å². The summed E-state index contributed by atoms with van der Waals surface area (Å²) >= 11 is 0. The predicted octanol–water partition coefficient (Wildman–Crippen LogP) is 2.66. The molecule has 190 valence electrons. The average Bonchev–Trinajstić information content (AvgIpc) is 3.37. The Kier molecular flexibility index (Phi) is 5.27. The minimum absolute atomic E-state index is 0.00300. The molecule has 0 unspecified atom stereocenters. The van der Waals surface area contributed by atoms with Gasteiger partial charge in [0.15, 0.2) is 11.6 Å². The number of nitrogens with zero attached hydrogens (tertiary/aromatic N) is 1. The van der Waals surface area contributed by atoms with Crippen molar-refractivity contribution in [1.29, 1.82) is 0 Å². The third-order valence-electron chi connectivity index (χ3n) is 7.18. The van der Waals surface area contributed by atoms with E-state index in [0.29, 0.717) is 12.1 Å². The van der Waals surface area contributed by atoms with Crippen LogP contribution in [0.4, 0.5) is 23.2 Å². The van der Waals surface area contributed by atoms with Gasteiger partial charge in [-0.05, 0) is 43.4 Å². The van der Waals surface area contributed by atoms with Gasteiger partial charge < -0.3 is 20.5 Å². The highest BCUT2D eigenvalue weighted by molar-refractivity contribution is 6.44. The van der Waals surface area contributed by atoms with Crippen molar-refractivity contribution in [3.05, 3.63) is 52.3 Å². The maximum Gasteiger partial charge on any atom is 0.293 e. The van der Waals surface area contributed by atoms with Crippen LogP contribution < -0.4 is 16.0 Å². The average molecular weight is 506 g/mol. The Labute approximate surface area is 202 Å². The van der Waals surface area contributed by atoms with E-state index < -0.39 is 59.4 Å². The smallest absolute Gasteiger partial charge is 0.293 e. The maximum atomic E-state index is 13.6. The summed E-state index contributed by atoms with van der Waals surface area (Å²) in [6, 6.07) is 2.83. The molecule has 36 heavy (non-hydrogen) atoms. The minimum Gasteiger partial charge on any atom is -0.357 e. The molecule has 3 amide bonds. The van der Waals surface area contributed by atoms with E-state index in [1.165, 1.54) is 20.0 Å². The molecule has 2 aromatic rings. The predicted molar refractivity (Wildman–Crippen MR) is 118 cm³/mol. The van der Waals surface area contributed by atoms with Crippen molar-refractivity contribution in [1.82, 2.24) is 15.2 Å². The van der Waals surface area contributed by atoms with E-state index in [2.05, 4.69) is 16.0 Å². The van der Waals surface area contributed by atoms with E-state index in [0.717, 1.165) is 18.6 Å². The second-order valence-corrected chi connectivity index (χ2v) is 9.67. The van der Waals surface area contributed by atoms with Gasteiger partial charge in [-0.2, -0.15) is 0 Å². The van der Waals surface area contributed by atoms with Gasteiger partial charge in [0.2, 0.25) is 5.91 Å². The van der Waals surface area contributed by atoms with E-state index in [1.54, 1.807) is 4.57 Å². The number of amides is 3. The number of carbonyl (C=O) groups excluding carboxylic acids is 4. The first-order chi connectivity index (χ1) is 16.9. The van der Waals surface area contributed by atoms with Crippen molar-refractivity contribution in [2.75, 3.05) is 12.4 Å². The van der Waals surface area contributed by atoms with E-state index in [9.17, 15) is 36.7 Å². The van der Waals surface area contributed by atoms with E-state index >= 15 is 0 Å². The summed E-state index contributed by atoms with van der Waals surface area (Å²) in [6.07, 6.45) is -0.645. The quantitative estimate of drug-likeness (QED) is 0.318. The Morgan fingerprint density at radius 2 is 1.78 bits per heavy atom. The SMILES string of the molecule is CNC(=O)C1(NC(=O)C(=O)c2c(C)c(C(=O)Nc3ccc(F)c(F)c3)n3c2C[C@H]2C[C@H]23)CC(F)(F)C1. The molecule has 1 aromatic carbocycles. The molecule has 3 aliphatic rings. The lowest BCUT2D eigenvalue weighted by molar-refractivity contribution is -0.164. The second-order valence-electron chi connectivity index (χ2n) is 9.67. The minimum atomic E-state index is -3.15. The fourth-order valence-electron chi connectivity index (χ4n) is 5.46. The molecule has 0 bridgehead atoms. The molecule has 1 aromatic heterocycles. The lowest BCUT2D eigenvalue weighted by atomic mass is 9.72. The summed E-state index contributed by atoms with van der Waals surface area (Å²) in [5, 5.41) is 6.93. The zero-order chi connectivity index (χ0) is 26.2. The molecule has 0 saturated heterocycles. The highest BCUT2D eigenvalue weighted by atomic mass is 19.3. The first kappa shape index (κ1) is 24.0. The van der Waals surface area contributed by atoms with Crippen LogP contribution in [0, 0.1) is 24.5 Å². The second kappa shape index (κ2) is 7.90. The molecule has 2 atom stereocenters. The number of rotatable bonds is 6. The van der Waals surface area contributed by atoms with Crippen molar-refractivity contribution >= 4 is 29.2 Å². The number of halogens is 4. The third kappa shape index (κ3) is 3.66. The topological polar surface area (TPSA) is 109 Å². The fourth-order valence-corrected chi connectivity index (χ4v) is 5.46. The third-order valence-corrected chi connectivity index (χ3v) is 7.18. The molecule has 2 saturated carbocycles. The molecule has 0 radical (unpaired) electrons. The van der Waals surface area contributed by atoms with Gasteiger partial charge >= 0.3 is 0 Å². The van der Waals surface area contributed by atoms with Crippen LogP contribution in [-0.4, -0.2) is 46.6 Å². The Bertz CT molecular complexity index is 1340. The summed E-state index contributed by atoms with van der Waals surface area (Å²) < 4.78 is 55.8. The van der Waals surface area contributed by atoms with Crippen LogP contribution in [0.2, 0.25) is 0 Å². The van der Waals surface area contributed by atoms with Crippen LogP contribution in [0.1, 0.15) is 57.4 Å². The molecule has 5 rings (SSSR count). The lowest BCUT2D eigenvalue weighted by Gasteiger charge is -2.45. The normalized spacial score (nSPS) is 22.1. The Morgan fingerprint density at radius 3 is 2.39 bits per heavy atom. The fraction of sp³-hybridized carbons (Fsp3) is 0.417. The standard InChI is InChI=1S/C24H22F4N4O4/c1-10-17(19(33)21(35)31-23(22(36)29-2)8-24(27,28)9-23)16-6-11-5-15(11)32(16)18(10)20(34)30-12-3-4-13(25)14(26)7-12/h3-4,7,11,15H,5-6,8-9H2,1-2H3,(H,29,36)(H,30,34)(H,31,35)/t11-,15-/m1/s1. The van der Waals surface area contributed by atoms with Gasteiger partial charge in [-0.15, -0.1) is 0 Å². The molecule has 1 aliphatic heterocycles. The highest BCUT2D eigenvalue weighted by Crippen LogP contribution is 2.54. The van der Waals surface area contributed by atoms with Crippen molar-refractivity contribution in [2.45, 2.75) is 50.1 Å². The van der Waals surface area contributed by atoms with Crippen LogP contribution in [0.3, 0.4) is 0 Å². The van der Waals surface area contributed by atoms with Gasteiger partial charge in [-0.25, -0.2) is 17.6 Å². The molecular weight excluding hydrogens is 484 g/mol. The molecule has 2 aliphatic carbocycles. The number of ketones is 1. The summed E-state index contributed by atoms with van der Waals surface area (Å²) in [5.74, 6) is -8.96. The van der Waals surface area contributed by atoms with E-state index in [-0.39, 0.29) is 34.5 Å². The summed E-state index contributed by atoms with van der Waals surface area (Å²) in [6.45, 7) is 1.48. The monoisotopic (exact) mass is 506 g/mol. The molecule has 8 nitrogen and oxygen atoms in total. The number of benzene rings is 1. The molecule has 3 N–H and O–H groups in total. The number of hydrogen-bond donors (Lipinski definition) is 3. The summed E-state index contributed by atoms with van der Waals surface area (Å²) in [7, 11) is 1.24. The van der Waals surface area contributed by atoms with Crippen LogP contribution >= 0.6 is 0 Å². The molecular formula is C24H22F4N4O4. The van der Waals surface area contributed by atoms with Crippen LogP contribution in [-0.2, 0) is 16.0 Å². The van der Waals surface area contributed by atoms with Crippen molar-refractivity contribution in [3.63, 3.8) is 0 Å². The first-order valence-electron chi connectivity index (χ1n) is 11.3. The summed E-state index contributed by atoms with van der Waals surface area (Å²) in [5.41, 5.74) is -1.15. The number of hydrogen-bond acceptors (Lipinski definition) is 4. The van der Waals surface area contributed by atoms with Gasteiger partial charge in [0.05, 0.1) is 5.56 Å². The number of aromatic nitrogens is 1. The number of fused-ring (bicyclic) bond motifs is 3. The van der Waals surface area contributed by atoms with Crippen LogP contribution in [0.15, 0.2) is 18.2 Å².